The van der Waals surface area contributed by atoms with Crippen molar-refractivity contribution in [2.24, 2.45) is 5.92 Å². The van der Waals surface area contributed by atoms with Gasteiger partial charge in [0, 0.05) is 32.6 Å². The molecule has 3 N–H and O–H groups in total. The van der Waals surface area contributed by atoms with Crippen LogP contribution >= 0.6 is 7.82 Å². The minimum absolute atomic E-state index is 0.0418. The van der Waals surface area contributed by atoms with Gasteiger partial charge in [-0.15, -0.1) is 0 Å². The zero-order valence-corrected chi connectivity index (χ0v) is 11.7. The molecule has 0 aromatic carbocycles. The van der Waals surface area contributed by atoms with E-state index in [9.17, 15) is 9.36 Å². The van der Waals surface area contributed by atoms with Crippen molar-refractivity contribution in [2.75, 3.05) is 26.9 Å². The molecule has 0 aliphatic rings. The third-order valence-corrected chi connectivity index (χ3v) is 3.25. The van der Waals surface area contributed by atoms with E-state index < -0.39 is 7.82 Å². The predicted octanol–water partition coefficient (Wildman–Crippen LogP) is 0.665. The fourth-order valence-electron chi connectivity index (χ4n) is 1.21. The lowest BCUT2D eigenvalue weighted by atomic mass is 10.1. The summed E-state index contributed by atoms with van der Waals surface area (Å²) in [7, 11) is -2.93. The molecule has 2 atom stereocenters. The molecule has 0 rings (SSSR count). The van der Waals surface area contributed by atoms with E-state index in [1.54, 1.807) is 0 Å². The SMILES string of the molecule is CCCC(=O)NCCC(CO)COP(=O)(O)OC. The molecule has 0 bridgehead atoms. The zero-order chi connectivity index (χ0) is 14.0. The summed E-state index contributed by atoms with van der Waals surface area (Å²) in [5, 5.41) is 11.8. The number of carbonyl (C=O) groups excluding carboxylic acids is 1. The second-order valence-corrected chi connectivity index (χ2v) is 5.44. The topological polar surface area (TPSA) is 105 Å². The van der Waals surface area contributed by atoms with Gasteiger partial charge in [0.05, 0.1) is 6.61 Å². The minimum Gasteiger partial charge on any atom is -0.396 e. The van der Waals surface area contributed by atoms with E-state index in [1.165, 1.54) is 0 Å². The van der Waals surface area contributed by atoms with Crippen molar-refractivity contribution in [3.8, 4) is 0 Å². The van der Waals surface area contributed by atoms with E-state index in [0.717, 1.165) is 13.5 Å². The zero-order valence-electron chi connectivity index (χ0n) is 10.8. The summed E-state index contributed by atoms with van der Waals surface area (Å²) in [5.41, 5.74) is 0. The van der Waals surface area contributed by atoms with Gasteiger partial charge in [0.1, 0.15) is 0 Å². The second-order valence-electron chi connectivity index (χ2n) is 3.88. The van der Waals surface area contributed by atoms with Crippen LogP contribution in [0, 0.1) is 5.92 Å². The largest absolute Gasteiger partial charge is 0.471 e. The Morgan fingerprint density at radius 3 is 2.67 bits per heavy atom. The van der Waals surface area contributed by atoms with Gasteiger partial charge in [-0.1, -0.05) is 6.92 Å². The number of nitrogens with one attached hydrogen (secondary N) is 1. The van der Waals surface area contributed by atoms with E-state index in [0.29, 0.717) is 19.4 Å². The number of aliphatic hydroxyl groups is 1. The lowest BCUT2D eigenvalue weighted by Crippen LogP contribution is -2.27. The van der Waals surface area contributed by atoms with Crippen LogP contribution in [0.4, 0.5) is 0 Å². The third kappa shape index (κ3) is 8.60. The Balaban J connectivity index is 3.84. The van der Waals surface area contributed by atoms with Crippen molar-refractivity contribution in [3.63, 3.8) is 0 Å². The number of hydrogen-bond acceptors (Lipinski definition) is 5. The van der Waals surface area contributed by atoms with Crippen LogP contribution in [0.15, 0.2) is 0 Å². The molecule has 0 aliphatic heterocycles. The molecule has 18 heavy (non-hydrogen) atoms. The molecule has 108 valence electrons. The van der Waals surface area contributed by atoms with E-state index in [4.69, 9.17) is 10.00 Å². The quantitative estimate of drug-likeness (QED) is 0.509. The molecule has 8 heteroatoms. The fraction of sp³-hybridized carbons (Fsp3) is 0.900. The number of phosphoric acid groups is 1. The summed E-state index contributed by atoms with van der Waals surface area (Å²) in [6.07, 6.45) is 1.71. The molecular weight excluding hydrogens is 261 g/mol. The lowest BCUT2D eigenvalue weighted by molar-refractivity contribution is -0.121. The highest BCUT2D eigenvalue weighted by atomic mass is 31.2. The van der Waals surface area contributed by atoms with E-state index >= 15 is 0 Å². The highest BCUT2D eigenvalue weighted by Gasteiger charge is 2.21. The Morgan fingerprint density at radius 2 is 2.17 bits per heavy atom. The average molecular weight is 283 g/mol. The summed E-state index contributed by atoms with van der Waals surface area (Å²) in [5.74, 6) is -0.359. The van der Waals surface area contributed by atoms with Gasteiger partial charge < -0.3 is 15.3 Å². The number of aliphatic hydroxyl groups excluding tert-OH is 1. The minimum atomic E-state index is -4.00. The number of hydrogen-bond donors (Lipinski definition) is 3. The first-order chi connectivity index (χ1) is 8.45. The smallest absolute Gasteiger partial charge is 0.396 e. The molecule has 7 nitrogen and oxygen atoms in total. The van der Waals surface area contributed by atoms with Gasteiger partial charge in [0.15, 0.2) is 0 Å². The van der Waals surface area contributed by atoms with Crippen LogP contribution in [0.25, 0.3) is 0 Å². The second kappa shape index (κ2) is 9.47. The molecule has 0 saturated carbocycles. The number of phosphoric ester groups is 1. The normalized spacial score (nSPS) is 16.0. The molecule has 0 spiro atoms. The summed E-state index contributed by atoms with van der Waals surface area (Å²) in [4.78, 5) is 20.2. The van der Waals surface area contributed by atoms with Crippen molar-refractivity contribution in [2.45, 2.75) is 26.2 Å². The van der Waals surface area contributed by atoms with Crippen LogP contribution in [0.5, 0.6) is 0 Å². The van der Waals surface area contributed by atoms with Gasteiger partial charge in [-0.2, -0.15) is 0 Å². The van der Waals surface area contributed by atoms with Crippen molar-refractivity contribution in [3.05, 3.63) is 0 Å². The van der Waals surface area contributed by atoms with Crippen LogP contribution in [0.3, 0.4) is 0 Å². The van der Waals surface area contributed by atoms with Crippen LogP contribution in [0.2, 0.25) is 0 Å². The summed E-state index contributed by atoms with van der Waals surface area (Å²) in [6, 6.07) is 0. The van der Waals surface area contributed by atoms with Crippen LogP contribution < -0.4 is 5.32 Å². The van der Waals surface area contributed by atoms with Gasteiger partial charge in [-0.3, -0.25) is 13.8 Å². The van der Waals surface area contributed by atoms with Crippen molar-refractivity contribution in [1.29, 1.82) is 0 Å². The first kappa shape index (κ1) is 17.5. The maximum Gasteiger partial charge on any atom is 0.471 e. The van der Waals surface area contributed by atoms with Crippen LogP contribution in [0.1, 0.15) is 26.2 Å². The first-order valence-corrected chi connectivity index (χ1v) is 7.35. The molecule has 0 aromatic heterocycles. The Morgan fingerprint density at radius 1 is 1.50 bits per heavy atom. The number of rotatable bonds is 10. The highest BCUT2D eigenvalue weighted by Crippen LogP contribution is 2.42. The molecule has 1 amide bonds. The Kier molecular flexibility index (Phi) is 9.23. The van der Waals surface area contributed by atoms with Crippen LogP contribution in [-0.2, 0) is 18.4 Å². The van der Waals surface area contributed by atoms with Crippen molar-refractivity contribution >= 4 is 13.7 Å². The molecule has 2 unspecified atom stereocenters. The Bertz CT molecular complexity index is 286. The summed E-state index contributed by atoms with van der Waals surface area (Å²) in [6.45, 7) is 2.03. The fourth-order valence-corrected chi connectivity index (χ4v) is 1.72. The maximum atomic E-state index is 11.2. The number of amides is 1. The monoisotopic (exact) mass is 283 g/mol. The Labute approximate surface area is 107 Å². The van der Waals surface area contributed by atoms with Crippen LogP contribution in [-0.4, -0.2) is 42.8 Å². The molecule has 0 fully saturated rings. The third-order valence-electron chi connectivity index (χ3n) is 2.31. The molecule has 0 radical (unpaired) electrons. The van der Waals surface area contributed by atoms with Crippen molar-refractivity contribution < 1.29 is 28.4 Å². The Hall–Kier alpha value is -0.460. The summed E-state index contributed by atoms with van der Waals surface area (Å²) < 4.78 is 19.9. The standard InChI is InChI=1S/C10H22NO6P/c1-3-4-10(13)11-6-5-9(7-12)8-17-18(14,15)16-2/h9,12H,3-8H2,1-2H3,(H,11,13)(H,14,15). The molecule has 0 saturated heterocycles. The van der Waals surface area contributed by atoms with E-state index in [2.05, 4.69) is 14.4 Å². The van der Waals surface area contributed by atoms with Gasteiger partial charge in [-0.05, 0) is 12.8 Å². The van der Waals surface area contributed by atoms with Gasteiger partial charge >= 0.3 is 7.82 Å². The van der Waals surface area contributed by atoms with E-state index in [-0.39, 0.29) is 25.0 Å². The predicted molar refractivity (Wildman–Crippen MR) is 65.9 cm³/mol. The first-order valence-electron chi connectivity index (χ1n) is 5.85. The number of carbonyl (C=O) groups is 1. The highest BCUT2D eigenvalue weighted by molar-refractivity contribution is 7.47. The van der Waals surface area contributed by atoms with Gasteiger partial charge in [0.2, 0.25) is 5.91 Å². The summed E-state index contributed by atoms with van der Waals surface area (Å²) >= 11 is 0. The lowest BCUT2D eigenvalue weighted by Gasteiger charge is -2.16. The molecular formula is C10H22NO6P. The molecule has 0 aromatic rings. The van der Waals surface area contributed by atoms with Gasteiger partial charge in [-0.25, -0.2) is 4.57 Å². The van der Waals surface area contributed by atoms with Crippen molar-refractivity contribution in [1.82, 2.24) is 5.32 Å². The molecule has 0 heterocycles. The maximum absolute atomic E-state index is 11.2. The molecule has 0 aliphatic carbocycles. The van der Waals surface area contributed by atoms with Gasteiger partial charge in [0.25, 0.3) is 0 Å². The average Bonchev–Trinajstić information content (AvgIpc) is 2.34. The van der Waals surface area contributed by atoms with E-state index in [1.807, 2.05) is 6.92 Å².